The molecule has 5 nitrogen and oxygen atoms in total. The summed E-state index contributed by atoms with van der Waals surface area (Å²) in [5, 5.41) is 9.95. The highest BCUT2D eigenvalue weighted by molar-refractivity contribution is 5.79. The molecule has 5 heteroatoms. The Morgan fingerprint density at radius 1 is 1.24 bits per heavy atom. The molecular formula is C16H18N4O. The van der Waals surface area contributed by atoms with Crippen LogP contribution in [-0.2, 0) is 13.0 Å². The number of nitrogens with two attached hydrogens (primary N) is 1. The number of imidazole rings is 1. The van der Waals surface area contributed by atoms with E-state index in [2.05, 4.69) is 14.5 Å². The van der Waals surface area contributed by atoms with Crippen molar-refractivity contribution in [1.29, 1.82) is 0 Å². The van der Waals surface area contributed by atoms with Crippen LogP contribution in [0.4, 0.5) is 5.69 Å². The Morgan fingerprint density at radius 2 is 2.00 bits per heavy atom. The van der Waals surface area contributed by atoms with Crippen LogP contribution in [0.1, 0.15) is 24.4 Å². The van der Waals surface area contributed by atoms with Crippen molar-refractivity contribution >= 4 is 16.7 Å². The number of rotatable bonds is 4. The maximum absolute atomic E-state index is 9.95. The van der Waals surface area contributed by atoms with Gasteiger partial charge in [-0.25, -0.2) is 4.98 Å². The van der Waals surface area contributed by atoms with Crippen LogP contribution in [0.15, 0.2) is 42.7 Å². The summed E-state index contributed by atoms with van der Waals surface area (Å²) in [6.07, 6.45) is 3.82. The number of benzene rings is 1. The van der Waals surface area contributed by atoms with E-state index in [1.807, 2.05) is 30.3 Å². The summed E-state index contributed by atoms with van der Waals surface area (Å²) in [7, 11) is 0. The molecular weight excluding hydrogens is 264 g/mol. The number of nitrogens with zero attached hydrogens (tertiary/aromatic N) is 3. The molecule has 0 amide bonds. The first-order valence-electron chi connectivity index (χ1n) is 6.98. The third kappa shape index (κ3) is 2.73. The number of aryl methyl sites for hydroxylation is 2. The summed E-state index contributed by atoms with van der Waals surface area (Å²) in [4.78, 5) is 8.53. The molecule has 0 spiro atoms. The van der Waals surface area contributed by atoms with E-state index in [4.69, 9.17) is 5.73 Å². The van der Waals surface area contributed by atoms with Crippen molar-refractivity contribution in [3.63, 3.8) is 0 Å². The van der Waals surface area contributed by atoms with E-state index in [-0.39, 0.29) is 0 Å². The van der Waals surface area contributed by atoms with Gasteiger partial charge in [0.2, 0.25) is 0 Å². The van der Waals surface area contributed by atoms with Gasteiger partial charge in [0.15, 0.2) is 0 Å². The number of fused-ring (bicyclic) bond motifs is 1. The van der Waals surface area contributed by atoms with Crippen LogP contribution >= 0.6 is 0 Å². The number of nitrogen functional groups attached to an aromatic ring is 1. The van der Waals surface area contributed by atoms with Crippen molar-refractivity contribution in [2.45, 2.75) is 26.0 Å². The fourth-order valence-corrected chi connectivity index (χ4v) is 2.51. The highest BCUT2D eigenvalue weighted by atomic mass is 16.3. The lowest BCUT2D eigenvalue weighted by Gasteiger charge is -2.11. The van der Waals surface area contributed by atoms with E-state index >= 15 is 0 Å². The van der Waals surface area contributed by atoms with Crippen molar-refractivity contribution in [2.75, 3.05) is 5.73 Å². The predicted molar refractivity (Wildman–Crippen MR) is 82.7 cm³/mol. The van der Waals surface area contributed by atoms with Crippen LogP contribution < -0.4 is 5.73 Å². The van der Waals surface area contributed by atoms with Gasteiger partial charge < -0.3 is 15.4 Å². The van der Waals surface area contributed by atoms with Crippen molar-refractivity contribution in [3.05, 3.63) is 54.1 Å². The topological polar surface area (TPSA) is 77.0 Å². The van der Waals surface area contributed by atoms with Gasteiger partial charge in [-0.3, -0.25) is 4.98 Å². The Morgan fingerprint density at radius 3 is 2.71 bits per heavy atom. The molecule has 2 aromatic heterocycles. The molecule has 1 atom stereocenters. The highest BCUT2D eigenvalue weighted by Gasteiger charge is 2.14. The van der Waals surface area contributed by atoms with Gasteiger partial charge in [0.05, 0.1) is 11.0 Å². The minimum atomic E-state index is -0.615. The lowest BCUT2D eigenvalue weighted by atomic mass is 10.2. The minimum Gasteiger partial charge on any atom is -0.399 e. The zero-order valence-electron chi connectivity index (χ0n) is 11.9. The third-order valence-corrected chi connectivity index (χ3v) is 3.55. The number of anilines is 1. The number of aliphatic hydroxyl groups excluding tert-OH is 1. The Labute approximate surface area is 123 Å². The maximum atomic E-state index is 9.95. The molecule has 0 bridgehead atoms. The van der Waals surface area contributed by atoms with Gasteiger partial charge in [-0.2, -0.15) is 0 Å². The van der Waals surface area contributed by atoms with Gasteiger partial charge in [-0.05, 0) is 49.2 Å². The van der Waals surface area contributed by atoms with Crippen LogP contribution in [0, 0.1) is 0 Å². The lowest BCUT2D eigenvalue weighted by Crippen LogP contribution is -2.08. The summed E-state index contributed by atoms with van der Waals surface area (Å²) >= 11 is 0. The van der Waals surface area contributed by atoms with E-state index in [0.29, 0.717) is 11.5 Å². The number of hydrogen-bond acceptors (Lipinski definition) is 4. The smallest absolute Gasteiger partial charge is 0.138 e. The quantitative estimate of drug-likeness (QED) is 0.720. The normalized spacial score (nSPS) is 12.7. The Bertz CT molecular complexity index is 750. The molecule has 0 fully saturated rings. The first-order chi connectivity index (χ1) is 10.1. The zero-order valence-corrected chi connectivity index (χ0v) is 11.9. The van der Waals surface area contributed by atoms with Gasteiger partial charge in [0.1, 0.15) is 11.9 Å². The molecule has 0 aliphatic heterocycles. The summed E-state index contributed by atoms with van der Waals surface area (Å²) < 4.78 is 2.06. The average molecular weight is 282 g/mol. The molecule has 0 aliphatic rings. The van der Waals surface area contributed by atoms with Gasteiger partial charge >= 0.3 is 0 Å². The van der Waals surface area contributed by atoms with Crippen molar-refractivity contribution in [3.8, 4) is 0 Å². The van der Waals surface area contributed by atoms with Crippen LogP contribution in [0.2, 0.25) is 0 Å². The second-order valence-electron chi connectivity index (χ2n) is 5.15. The van der Waals surface area contributed by atoms with E-state index in [0.717, 1.165) is 24.0 Å². The predicted octanol–water partition coefficient (Wildman–Crippen LogP) is 2.31. The molecule has 0 saturated carbocycles. The number of pyridine rings is 1. The number of aromatic nitrogens is 3. The second kappa shape index (κ2) is 5.54. The third-order valence-electron chi connectivity index (χ3n) is 3.55. The highest BCUT2D eigenvalue weighted by Crippen LogP contribution is 2.23. The zero-order chi connectivity index (χ0) is 14.8. The van der Waals surface area contributed by atoms with Gasteiger partial charge in [0, 0.05) is 24.6 Å². The monoisotopic (exact) mass is 282 g/mol. The van der Waals surface area contributed by atoms with E-state index in [1.54, 1.807) is 19.3 Å². The van der Waals surface area contributed by atoms with E-state index < -0.39 is 6.10 Å². The van der Waals surface area contributed by atoms with Crippen molar-refractivity contribution in [2.24, 2.45) is 0 Å². The summed E-state index contributed by atoms with van der Waals surface area (Å²) in [6, 6.07) is 9.65. The molecule has 3 aromatic rings. The molecule has 21 heavy (non-hydrogen) atoms. The average Bonchev–Trinajstić information content (AvgIpc) is 2.84. The Kier molecular flexibility index (Phi) is 3.58. The maximum Gasteiger partial charge on any atom is 0.138 e. The number of hydrogen-bond donors (Lipinski definition) is 2. The molecule has 0 aliphatic carbocycles. The van der Waals surface area contributed by atoms with E-state index in [1.165, 1.54) is 5.56 Å². The molecule has 3 rings (SSSR count). The first kappa shape index (κ1) is 13.6. The summed E-state index contributed by atoms with van der Waals surface area (Å²) in [5.41, 5.74) is 9.51. The SMILES string of the molecule is CC(O)c1nc2cc(N)ccc2n1CCc1ccncc1. The molecule has 3 N–H and O–H groups in total. The largest absolute Gasteiger partial charge is 0.399 e. The first-order valence-corrected chi connectivity index (χ1v) is 6.98. The standard InChI is InChI=1S/C16H18N4O/c1-11(21)16-19-14-10-13(17)2-3-15(14)20(16)9-6-12-4-7-18-8-5-12/h2-5,7-8,10-11,21H,6,9,17H2,1H3. The van der Waals surface area contributed by atoms with E-state index in [9.17, 15) is 5.11 Å². The Balaban J connectivity index is 1.97. The fraction of sp³-hybridized carbons (Fsp3) is 0.250. The molecule has 108 valence electrons. The molecule has 1 aromatic carbocycles. The molecule has 1 unspecified atom stereocenters. The lowest BCUT2D eigenvalue weighted by molar-refractivity contribution is 0.184. The molecule has 0 radical (unpaired) electrons. The van der Waals surface area contributed by atoms with Crippen LogP contribution in [0.5, 0.6) is 0 Å². The van der Waals surface area contributed by atoms with Gasteiger partial charge in [-0.1, -0.05) is 0 Å². The second-order valence-corrected chi connectivity index (χ2v) is 5.15. The number of aliphatic hydroxyl groups is 1. The van der Waals surface area contributed by atoms with Crippen LogP contribution in [0.3, 0.4) is 0 Å². The molecule has 0 saturated heterocycles. The minimum absolute atomic E-state index is 0.615. The van der Waals surface area contributed by atoms with Gasteiger partial charge in [-0.15, -0.1) is 0 Å². The van der Waals surface area contributed by atoms with Crippen molar-refractivity contribution < 1.29 is 5.11 Å². The summed E-state index contributed by atoms with van der Waals surface area (Å²) in [5.74, 6) is 0.671. The van der Waals surface area contributed by atoms with Gasteiger partial charge in [0.25, 0.3) is 0 Å². The Hall–Kier alpha value is -2.40. The van der Waals surface area contributed by atoms with Crippen LogP contribution in [0.25, 0.3) is 11.0 Å². The fourth-order valence-electron chi connectivity index (χ4n) is 2.51. The van der Waals surface area contributed by atoms with Crippen LogP contribution in [-0.4, -0.2) is 19.6 Å². The summed E-state index contributed by atoms with van der Waals surface area (Å²) in [6.45, 7) is 2.48. The van der Waals surface area contributed by atoms with Crippen molar-refractivity contribution in [1.82, 2.24) is 14.5 Å². The molecule has 2 heterocycles.